The molecule has 0 bridgehead atoms. The maximum absolute atomic E-state index is 5.37. The van der Waals surface area contributed by atoms with Gasteiger partial charge in [-0.3, -0.25) is 10.2 Å². The van der Waals surface area contributed by atoms with Gasteiger partial charge in [0.1, 0.15) is 0 Å². The minimum Gasteiger partial charge on any atom is -0.379 e. The second-order valence-electron chi connectivity index (χ2n) is 2.68. The molecule has 0 aromatic carbocycles. The molecule has 11 heavy (non-hydrogen) atoms. The van der Waals surface area contributed by atoms with E-state index in [-0.39, 0.29) is 0 Å². The van der Waals surface area contributed by atoms with E-state index in [2.05, 4.69) is 10.2 Å². The fourth-order valence-corrected chi connectivity index (χ4v) is 1.33. The molecule has 2 aliphatic rings. The lowest BCUT2D eigenvalue weighted by molar-refractivity contribution is -0.0147. The Morgan fingerprint density at radius 2 is 2.00 bits per heavy atom. The second kappa shape index (κ2) is 3.49. The van der Waals surface area contributed by atoms with Crippen LogP contribution in [-0.2, 0) is 9.47 Å². The molecule has 2 heterocycles. The first-order valence-electron chi connectivity index (χ1n) is 4.03. The molecular formula is C7H13N2O2. The van der Waals surface area contributed by atoms with E-state index in [9.17, 15) is 0 Å². The molecule has 2 rings (SSSR count). The summed E-state index contributed by atoms with van der Waals surface area (Å²) in [5.74, 6) is 0. The summed E-state index contributed by atoms with van der Waals surface area (Å²) in [6.07, 6.45) is 0.938. The number of rotatable bonds is 1. The molecule has 1 radical (unpaired) electrons. The maximum atomic E-state index is 5.37. The van der Waals surface area contributed by atoms with Gasteiger partial charge >= 0.3 is 0 Å². The van der Waals surface area contributed by atoms with Gasteiger partial charge in [-0.15, -0.1) is 0 Å². The molecule has 0 unspecified atom stereocenters. The highest BCUT2D eigenvalue weighted by Crippen LogP contribution is 2.12. The summed E-state index contributed by atoms with van der Waals surface area (Å²) < 4.78 is 10.6. The van der Waals surface area contributed by atoms with Crippen molar-refractivity contribution < 1.29 is 9.47 Å². The Balaban J connectivity index is 1.82. The first-order valence-corrected chi connectivity index (χ1v) is 4.03. The standard InChI is InChI=1S/C7H13N2O2/c1-4-11-7(8-1)9-2-5-10-6-3-9/h8H,1-6H2. The molecule has 0 saturated carbocycles. The summed E-state index contributed by atoms with van der Waals surface area (Å²) in [5.41, 5.74) is 0. The van der Waals surface area contributed by atoms with Crippen molar-refractivity contribution in [2.75, 3.05) is 39.5 Å². The van der Waals surface area contributed by atoms with Crippen molar-refractivity contribution in [3.63, 3.8) is 0 Å². The minimum absolute atomic E-state index is 0.798. The highest BCUT2D eigenvalue weighted by atomic mass is 16.5. The first kappa shape index (κ1) is 7.49. The summed E-state index contributed by atoms with van der Waals surface area (Å²) in [7, 11) is 0. The van der Waals surface area contributed by atoms with Crippen molar-refractivity contribution in [2.24, 2.45) is 0 Å². The molecule has 0 amide bonds. The van der Waals surface area contributed by atoms with Crippen LogP contribution in [0.2, 0.25) is 0 Å². The van der Waals surface area contributed by atoms with Gasteiger partial charge < -0.3 is 9.47 Å². The average Bonchev–Trinajstić information content (AvgIpc) is 2.58. The van der Waals surface area contributed by atoms with E-state index in [1.807, 2.05) is 0 Å². The van der Waals surface area contributed by atoms with Crippen molar-refractivity contribution in [1.82, 2.24) is 10.2 Å². The first-order chi connectivity index (χ1) is 5.47. The predicted molar refractivity (Wildman–Crippen MR) is 39.6 cm³/mol. The second-order valence-corrected chi connectivity index (χ2v) is 2.68. The molecule has 63 valence electrons. The van der Waals surface area contributed by atoms with E-state index in [1.54, 1.807) is 0 Å². The van der Waals surface area contributed by atoms with Crippen LogP contribution in [0.15, 0.2) is 0 Å². The Morgan fingerprint density at radius 1 is 1.18 bits per heavy atom. The smallest absolute Gasteiger partial charge is 0.237 e. The fourth-order valence-electron chi connectivity index (χ4n) is 1.33. The lowest BCUT2D eigenvalue weighted by atomic mass is 10.4. The third-order valence-corrected chi connectivity index (χ3v) is 1.92. The molecule has 0 aromatic rings. The zero-order chi connectivity index (χ0) is 7.52. The van der Waals surface area contributed by atoms with E-state index in [1.165, 1.54) is 0 Å². The number of hydrogen-bond acceptors (Lipinski definition) is 4. The Morgan fingerprint density at radius 3 is 2.64 bits per heavy atom. The number of nitrogens with zero attached hydrogens (tertiary/aromatic N) is 1. The Labute approximate surface area is 66.5 Å². The Hall–Kier alpha value is -0.160. The van der Waals surface area contributed by atoms with Gasteiger partial charge in [0.05, 0.1) is 19.8 Å². The van der Waals surface area contributed by atoms with Gasteiger partial charge in [-0.25, -0.2) is 0 Å². The minimum atomic E-state index is 0.798. The van der Waals surface area contributed by atoms with E-state index < -0.39 is 0 Å². The molecule has 0 aliphatic carbocycles. The molecule has 2 aliphatic heterocycles. The van der Waals surface area contributed by atoms with Crippen molar-refractivity contribution in [3.8, 4) is 0 Å². The SMILES string of the molecule is C1CO[C](N2CCOCC2)N1. The lowest BCUT2D eigenvalue weighted by Crippen LogP contribution is -2.43. The zero-order valence-corrected chi connectivity index (χ0v) is 6.51. The molecule has 2 saturated heterocycles. The Kier molecular flexibility index (Phi) is 2.38. The quantitative estimate of drug-likeness (QED) is 0.550. The van der Waals surface area contributed by atoms with Crippen LogP contribution in [0.4, 0.5) is 0 Å². The molecule has 0 aromatic heterocycles. The Bertz CT molecular complexity index is 120. The van der Waals surface area contributed by atoms with Crippen LogP contribution in [0.1, 0.15) is 0 Å². The van der Waals surface area contributed by atoms with Crippen molar-refractivity contribution in [1.29, 1.82) is 0 Å². The summed E-state index contributed by atoms with van der Waals surface area (Å²) in [6, 6.07) is 0. The van der Waals surface area contributed by atoms with E-state index >= 15 is 0 Å². The van der Waals surface area contributed by atoms with Gasteiger partial charge in [0, 0.05) is 19.6 Å². The van der Waals surface area contributed by atoms with E-state index in [0.29, 0.717) is 0 Å². The third-order valence-electron chi connectivity index (χ3n) is 1.92. The van der Waals surface area contributed by atoms with Gasteiger partial charge in [-0.1, -0.05) is 0 Å². The van der Waals surface area contributed by atoms with Gasteiger partial charge in [0.25, 0.3) is 0 Å². The van der Waals surface area contributed by atoms with Crippen LogP contribution in [0.5, 0.6) is 0 Å². The number of nitrogens with one attached hydrogen (secondary N) is 1. The number of hydrogen-bond donors (Lipinski definition) is 1. The maximum Gasteiger partial charge on any atom is 0.237 e. The van der Waals surface area contributed by atoms with Crippen molar-refractivity contribution in [2.45, 2.75) is 0 Å². The molecule has 4 heteroatoms. The van der Waals surface area contributed by atoms with Crippen LogP contribution in [0.3, 0.4) is 0 Å². The van der Waals surface area contributed by atoms with Gasteiger partial charge in [0.2, 0.25) is 6.35 Å². The monoisotopic (exact) mass is 157 g/mol. The summed E-state index contributed by atoms with van der Waals surface area (Å²) in [6.45, 7) is 5.26. The lowest BCUT2D eigenvalue weighted by Gasteiger charge is -2.29. The molecule has 0 spiro atoms. The zero-order valence-electron chi connectivity index (χ0n) is 6.51. The van der Waals surface area contributed by atoms with Crippen LogP contribution < -0.4 is 5.32 Å². The average molecular weight is 157 g/mol. The van der Waals surface area contributed by atoms with Crippen LogP contribution in [0, 0.1) is 6.35 Å². The van der Waals surface area contributed by atoms with E-state index in [4.69, 9.17) is 9.47 Å². The van der Waals surface area contributed by atoms with Gasteiger partial charge in [0.15, 0.2) is 0 Å². The topological polar surface area (TPSA) is 33.7 Å². The molecule has 1 N–H and O–H groups in total. The summed E-state index contributed by atoms with van der Waals surface area (Å²) in [5, 5.41) is 3.19. The molecule has 0 atom stereocenters. The molecule has 4 nitrogen and oxygen atoms in total. The fraction of sp³-hybridized carbons (Fsp3) is 0.857. The highest BCUT2D eigenvalue weighted by Gasteiger charge is 2.25. The summed E-state index contributed by atoms with van der Waals surface area (Å²) >= 11 is 0. The predicted octanol–water partition coefficient (Wildman–Crippen LogP) is -0.615. The van der Waals surface area contributed by atoms with E-state index in [0.717, 1.165) is 45.8 Å². The molecule has 2 fully saturated rings. The van der Waals surface area contributed by atoms with Crippen molar-refractivity contribution in [3.05, 3.63) is 6.35 Å². The largest absolute Gasteiger partial charge is 0.379 e. The van der Waals surface area contributed by atoms with Gasteiger partial charge in [-0.2, -0.15) is 0 Å². The van der Waals surface area contributed by atoms with Crippen LogP contribution in [0.25, 0.3) is 0 Å². The van der Waals surface area contributed by atoms with Gasteiger partial charge in [-0.05, 0) is 0 Å². The van der Waals surface area contributed by atoms with Crippen LogP contribution >= 0.6 is 0 Å². The summed E-state index contributed by atoms with van der Waals surface area (Å²) in [4.78, 5) is 2.19. The van der Waals surface area contributed by atoms with Crippen LogP contribution in [-0.4, -0.2) is 44.4 Å². The third kappa shape index (κ3) is 1.70. The highest BCUT2D eigenvalue weighted by molar-refractivity contribution is 4.82. The number of ether oxygens (including phenoxy) is 2. The normalized spacial score (nSPS) is 29.5. The number of morpholine rings is 1. The molecular weight excluding hydrogens is 144 g/mol. The van der Waals surface area contributed by atoms with Crippen molar-refractivity contribution >= 4 is 0 Å².